The number of aromatic carboxylic acids is 1. The molecule has 4 aromatic rings. The molecule has 3 heterocycles. The quantitative estimate of drug-likeness (QED) is 0.0856. The summed E-state index contributed by atoms with van der Waals surface area (Å²) in [6.07, 6.45) is 3.49. The van der Waals surface area contributed by atoms with Crippen molar-refractivity contribution in [3.8, 4) is 23.0 Å². The lowest BCUT2D eigenvalue weighted by molar-refractivity contribution is 0.0694. The summed E-state index contributed by atoms with van der Waals surface area (Å²) in [6.45, 7) is 1.42. The predicted octanol–water partition coefficient (Wildman–Crippen LogP) is 4.75. The minimum absolute atomic E-state index is 0.0127. The number of halogens is 1. The fraction of sp³-hybridized carbons (Fsp3) is 0.395. The number of anilines is 1. The number of piperidine rings is 1. The van der Waals surface area contributed by atoms with E-state index in [-0.39, 0.29) is 34.8 Å². The van der Waals surface area contributed by atoms with Gasteiger partial charge in [-0.3, -0.25) is 10.2 Å². The highest BCUT2D eigenvalue weighted by atomic mass is 19.1. The number of rotatable bonds is 11. The third kappa shape index (κ3) is 6.20. The number of pyridine rings is 1. The van der Waals surface area contributed by atoms with Crippen LogP contribution in [0.2, 0.25) is 0 Å². The van der Waals surface area contributed by atoms with Crippen molar-refractivity contribution >= 4 is 28.4 Å². The number of amidine groups is 1. The molecule has 0 bridgehead atoms. The maximum absolute atomic E-state index is 16.9. The van der Waals surface area contributed by atoms with Gasteiger partial charge < -0.3 is 43.5 Å². The van der Waals surface area contributed by atoms with Gasteiger partial charge in [0.05, 0.1) is 45.4 Å². The number of nitrogens with one attached hydrogen (secondary N) is 1. The molecule has 3 unspecified atom stereocenters. The molecule has 3 atom stereocenters. The van der Waals surface area contributed by atoms with E-state index in [4.69, 9.17) is 24.0 Å². The number of carboxylic acids is 1. The molecule has 1 aromatic heterocycles. The third-order valence-corrected chi connectivity index (χ3v) is 10.3. The number of aliphatic hydroxyl groups is 1. The standard InChI is InChI=1S/C38H42FN5O8/c1-49-28-17-26-31(34(45)25(38(47)48)19-44(26)24-12-13-24)32(39)33(28)42-18-22-11-8-14-43(27(22)20-42)36(40-41-37(46)21-9-6-5-7-10-21)23-15-29(50-2)35(52-4)30(16-23)51-3/h5-7,9-10,15-17,19,22,24,27,37,41,46H,8,11-14,18,20H2,1-4H3,(H,47,48)/b40-36-. The molecule has 0 amide bonds. The smallest absolute Gasteiger partial charge is 0.341 e. The number of aromatic nitrogens is 1. The average molecular weight is 716 g/mol. The first kappa shape index (κ1) is 34.9. The SMILES string of the molecule is COc1cc(/C(=N/NC(O)c2ccccc2)N2CCCC3CN(c4c(OC)cc5c(c4F)c(=O)c(C(=O)O)cn5C4CC4)CC32)cc(OC)c1OC. The van der Waals surface area contributed by atoms with Crippen LogP contribution in [0.15, 0.2) is 64.6 Å². The summed E-state index contributed by atoms with van der Waals surface area (Å²) >= 11 is 0. The van der Waals surface area contributed by atoms with Gasteiger partial charge in [0.1, 0.15) is 17.0 Å². The molecular formula is C38H42FN5O8. The number of aliphatic hydroxyl groups excluding tert-OH is 1. The van der Waals surface area contributed by atoms with Crippen LogP contribution in [0.3, 0.4) is 0 Å². The van der Waals surface area contributed by atoms with Crippen LogP contribution >= 0.6 is 0 Å². The zero-order valence-corrected chi connectivity index (χ0v) is 29.5. The molecule has 14 heteroatoms. The van der Waals surface area contributed by atoms with Gasteiger partial charge in [0.25, 0.3) is 0 Å². The Hall–Kier alpha value is -5.50. The summed E-state index contributed by atoms with van der Waals surface area (Å²) < 4.78 is 41.3. The molecule has 3 aliphatic rings. The summed E-state index contributed by atoms with van der Waals surface area (Å²) in [5.74, 6) is -0.0920. The lowest BCUT2D eigenvalue weighted by atomic mass is 9.91. The zero-order chi connectivity index (χ0) is 36.7. The van der Waals surface area contributed by atoms with Crippen molar-refractivity contribution in [3.63, 3.8) is 0 Å². The largest absolute Gasteiger partial charge is 0.494 e. The van der Waals surface area contributed by atoms with E-state index >= 15 is 4.39 Å². The highest BCUT2D eigenvalue weighted by Gasteiger charge is 2.43. The summed E-state index contributed by atoms with van der Waals surface area (Å²) in [5, 5.41) is 25.4. The van der Waals surface area contributed by atoms with E-state index in [0.29, 0.717) is 59.4 Å². The number of methoxy groups -OCH3 is 4. The maximum atomic E-state index is 16.9. The molecule has 3 fully saturated rings. The Morgan fingerprint density at radius 3 is 2.27 bits per heavy atom. The highest BCUT2D eigenvalue weighted by Crippen LogP contribution is 2.45. The summed E-state index contributed by atoms with van der Waals surface area (Å²) in [5.41, 5.74) is 3.29. The molecule has 3 aromatic carbocycles. The first-order valence-corrected chi connectivity index (χ1v) is 17.3. The molecule has 7 rings (SSSR count). The molecule has 52 heavy (non-hydrogen) atoms. The molecule has 1 saturated carbocycles. The number of ether oxygens (including phenoxy) is 4. The van der Waals surface area contributed by atoms with Crippen molar-refractivity contribution in [1.29, 1.82) is 0 Å². The highest BCUT2D eigenvalue weighted by molar-refractivity contribution is 6.00. The predicted molar refractivity (Wildman–Crippen MR) is 193 cm³/mol. The number of fused-ring (bicyclic) bond motifs is 2. The molecule has 0 radical (unpaired) electrons. The summed E-state index contributed by atoms with van der Waals surface area (Å²) in [4.78, 5) is 29.6. The molecule has 1 aliphatic carbocycles. The molecule has 3 N–H and O–H groups in total. The second-order valence-electron chi connectivity index (χ2n) is 13.3. The van der Waals surface area contributed by atoms with Crippen LogP contribution in [0.25, 0.3) is 10.9 Å². The molecule has 2 saturated heterocycles. The van der Waals surface area contributed by atoms with Crippen LogP contribution < -0.4 is 34.7 Å². The van der Waals surface area contributed by atoms with Gasteiger partial charge in [-0.05, 0) is 43.7 Å². The second-order valence-corrected chi connectivity index (χ2v) is 13.3. The van der Waals surface area contributed by atoms with Crippen molar-refractivity contribution in [3.05, 3.63) is 87.5 Å². The fourth-order valence-corrected chi connectivity index (χ4v) is 7.65. The fourth-order valence-electron chi connectivity index (χ4n) is 7.65. The monoisotopic (exact) mass is 715 g/mol. The Morgan fingerprint density at radius 2 is 1.65 bits per heavy atom. The molecular weight excluding hydrogens is 673 g/mol. The zero-order valence-electron chi connectivity index (χ0n) is 29.5. The van der Waals surface area contributed by atoms with Crippen LogP contribution in [0.4, 0.5) is 10.1 Å². The van der Waals surface area contributed by atoms with E-state index in [1.165, 1.54) is 34.6 Å². The number of hydrogen-bond donors (Lipinski definition) is 3. The normalized spacial score (nSPS) is 19.3. The molecule has 13 nitrogen and oxygen atoms in total. The van der Waals surface area contributed by atoms with E-state index in [1.807, 2.05) is 23.1 Å². The van der Waals surface area contributed by atoms with Crippen molar-refractivity contribution in [2.45, 2.75) is 44.0 Å². The Kier molecular flexibility index (Phi) is 9.58. The average Bonchev–Trinajstić information content (AvgIpc) is 3.91. The van der Waals surface area contributed by atoms with Crippen LogP contribution in [-0.2, 0) is 0 Å². The van der Waals surface area contributed by atoms with Crippen LogP contribution in [0.1, 0.15) is 59.4 Å². The number of hydrazone groups is 1. The lowest BCUT2D eigenvalue weighted by Crippen LogP contribution is -2.49. The van der Waals surface area contributed by atoms with Gasteiger partial charge in [-0.15, -0.1) is 0 Å². The third-order valence-electron chi connectivity index (χ3n) is 10.3. The Morgan fingerprint density at radius 1 is 0.962 bits per heavy atom. The van der Waals surface area contributed by atoms with E-state index in [1.54, 1.807) is 34.9 Å². The first-order valence-electron chi connectivity index (χ1n) is 17.3. The number of carboxylic acid groups (broad SMARTS) is 1. The van der Waals surface area contributed by atoms with Crippen molar-refractivity contribution in [2.24, 2.45) is 11.0 Å². The van der Waals surface area contributed by atoms with Gasteiger partial charge in [-0.2, -0.15) is 5.10 Å². The molecule has 2 aliphatic heterocycles. The minimum atomic E-state index is -1.40. The van der Waals surface area contributed by atoms with Crippen molar-refractivity contribution < 1.29 is 38.3 Å². The summed E-state index contributed by atoms with van der Waals surface area (Å²) in [6, 6.07) is 14.2. The lowest BCUT2D eigenvalue weighted by Gasteiger charge is -2.39. The van der Waals surface area contributed by atoms with Gasteiger partial charge in [0.15, 0.2) is 29.4 Å². The van der Waals surface area contributed by atoms with E-state index in [2.05, 4.69) is 10.3 Å². The Labute approximate surface area is 299 Å². The molecule has 0 spiro atoms. The van der Waals surface area contributed by atoms with Crippen LogP contribution in [-0.4, -0.2) is 85.6 Å². The maximum Gasteiger partial charge on any atom is 0.341 e. The van der Waals surface area contributed by atoms with E-state index < -0.39 is 29.0 Å². The molecule has 274 valence electrons. The van der Waals surface area contributed by atoms with Crippen LogP contribution in [0.5, 0.6) is 23.0 Å². The van der Waals surface area contributed by atoms with Gasteiger partial charge in [0, 0.05) is 49.1 Å². The van der Waals surface area contributed by atoms with E-state index in [0.717, 1.165) is 25.7 Å². The minimum Gasteiger partial charge on any atom is -0.494 e. The first-order chi connectivity index (χ1) is 25.2. The number of carbonyl (C=O) groups is 1. The topological polar surface area (TPSA) is 147 Å². The second kappa shape index (κ2) is 14.3. The number of hydrogen-bond acceptors (Lipinski definition) is 10. The van der Waals surface area contributed by atoms with Gasteiger partial charge >= 0.3 is 5.97 Å². The van der Waals surface area contributed by atoms with Crippen molar-refractivity contribution in [2.75, 3.05) is 53.0 Å². The summed E-state index contributed by atoms with van der Waals surface area (Å²) in [7, 11) is 6.06. The van der Waals surface area contributed by atoms with Gasteiger partial charge in [-0.25, -0.2) is 9.18 Å². The van der Waals surface area contributed by atoms with E-state index in [9.17, 15) is 19.8 Å². The number of nitrogens with zero attached hydrogens (tertiary/aromatic N) is 4. The van der Waals surface area contributed by atoms with Gasteiger partial charge in [-0.1, -0.05) is 30.3 Å². The number of likely N-dealkylation sites (tertiary alicyclic amines) is 1. The number of benzene rings is 3. The Bertz CT molecular complexity index is 2060. The van der Waals surface area contributed by atoms with Crippen LogP contribution in [0, 0.1) is 11.7 Å². The van der Waals surface area contributed by atoms with Crippen molar-refractivity contribution in [1.82, 2.24) is 14.9 Å². The Balaban J connectivity index is 1.31. The van der Waals surface area contributed by atoms with Gasteiger partial charge in [0.2, 0.25) is 11.2 Å².